The molecule has 3 rings (SSSR count). The van der Waals surface area contributed by atoms with E-state index < -0.39 is 6.29 Å². The van der Waals surface area contributed by atoms with Crippen molar-refractivity contribution in [2.75, 3.05) is 13.7 Å². The summed E-state index contributed by atoms with van der Waals surface area (Å²) in [5.41, 5.74) is 1.95. The number of rotatable bonds is 6. The van der Waals surface area contributed by atoms with Gasteiger partial charge in [-0.05, 0) is 18.6 Å². The van der Waals surface area contributed by atoms with E-state index in [1.807, 2.05) is 42.5 Å². The number of benzene rings is 2. The van der Waals surface area contributed by atoms with Gasteiger partial charge in [-0.25, -0.2) is 0 Å². The first-order chi connectivity index (χ1) is 12.2. The largest absolute Gasteiger partial charge is 0.496 e. The molecule has 1 aliphatic rings. The molecule has 0 amide bonds. The molecule has 0 aromatic heterocycles. The van der Waals surface area contributed by atoms with Crippen LogP contribution in [0.2, 0.25) is 5.02 Å². The zero-order chi connectivity index (χ0) is 17.6. The average Bonchev–Trinajstić information content (AvgIpc) is 2.66. The maximum Gasteiger partial charge on any atom is 0.185 e. The molecule has 2 aromatic rings. The van der Waals surface area contributed by atoms with E-state index in [1.165, 1.54) is 0 Å². The topological polar surface area (TPSA) is 27.7 Å². The molecule has 2 aromatic carbocycles. The van der Waals surface area contributed by atoms with Crippen LogP contribution in [-0.2, 0) is 9.47 Å². The zero-order valence-corrected chi connectivity index (χ0v) is 15.5. The molecule has 0 unspecified atom stereocenters. The van der Waals surface area contributed by atoms with Crippen molar-refractivity contribution in [2.45, 2.75) is 38.6 Å². The highest BCUT2D eigenvalue weighted by Gasteiger charge is 2.35. The summed E-state index contributed by atoms with van der Waals surface area (Å²) < 4.78 is 18.0. The van der Waals surface area contributed by atoms with E-state index >= 15 is 0 Å². The lowest BCUT2D eigenvalue weighted by Gasteiger charge is -2.37. The minimum absolute atomic E-state index is 0.0716. The van der Waals surface area contributed by atoms with E-state index in [-0.39, 0.29) is 6.10 Å². The van der Waals surface area contributed by atoms with Gasteiger partial charge in [0.25, 0.3) is 0 Å². The Morgan fingerprint density at radius 2 is 1.80 bits per heavy atom. The molecule has 4 heteroatoms. The summed E-state index contributed by atoms with van der Waals surface area (Å²) in [6.07, 6.45) is 2.84. The lowest BCUT2D eigenvalue weighted by Crippen LogP contribution is -2.31. The standard InChI is InChI=1S/C21H25ClO3/c1-3-4-9-15-14-24-21(16-10-5-7-12-18(16)22)25-20(15)17-11-6-8-13-19(17)23-2/h5-8,10-13,15,20-21H,3-4,9,14H2,1-2H3/t15-,20+,21+/m1/s1. The minimum Gasteiger partial charge on any atom is -0.496 e. The number of hydrogen-bond donors (Lipinski definition) is 0. The van der Waals surface area contributed by atoms with Gasteiger partial charge in [-0.1, -0.05) is 67.8 Å². The highest BCUT2D eigenvalue weighted by atomic mass is 35.5. The van der Waals surface area contributed by atoms with Crippen LogP contribution in [0.4, 0.5) is 0 Å². The second kappa shape index (κ2) is 8.70. The Kier molecular flexibility index (Phi) is 6.35. The molecule has 1 saturated heterocycles. The van der Waals surface area contributed by atoms with Crippen LogP contribution in [0, 0.1) is 5.92 Å². The molecule has 0 radical (unpaired) electrons. The van der Waals surface area contributed by atoms with Gasteiger partial charge in [-0.3, -0.25) is 0 Å². The second-order valence-electron chi connectivity index (χ2n) is 6.39. The van der Waals surface area contributed by atoms with Crippen LogP contribution < -0.4 is 4.74 Å². The monoisotopic (exact) mass is 360 g/mol. The Morgan fingerprint density at radius 1 is 1.08 bits per heavy atom. The van der Waals surface area contributed by atoms with E-state index in [2.05, 4.69) is 13.0 Å². The SMILES string of the molecule is CCCC[C@@H]1CO[C@H](c2ccccc2Cl)O[C@@H]1c1ccccc1OC. The van der Waals surface area contributed by atoms with Crippen LogP contribution in [0.5, 0.6) is 5.75 Å². The fraction of sp³-hybridized carbons (Fsp3) is 0.429. The van der Waals surface area contributed by atoms with E-state index in [9.17, 15) is 0 Å². The van der Waals surface area contributed by atoms with Gasteiger partial charge in [0, 0.05) is 22.1 Å². The van der Waals surface area contributed by atoms with Crippen LogP contribution in [0.25, 0.3) is 0 Å². The second-order valence-corrected chi connectivity index (χ2v) is 6.79. The Balaban J connectivity index is 1.90. The average molecular weight is 361 g/mol. The third-order valence-corrected chi connectivity index (χ3v) is 5.04. The van der Waals surface area contributed by atoms with Crippen molar-refractivity contribution in [1.82, 2.24) is 0 Å². The maximum absolute atomic E-state index is 6.40. The van der Waals surface area contributed by atoms with Crippen molar-refractivity contribution < 1.29 is 14.2 Å². The van der Waals surface area contributed by atoms with Gasteiger partial charge in [-0.15, -0.1) is 0 Å². The smallest absolute Gasteiger partial charge is 0.185 e. The molecule has 0 saturated carbocycles. The van der Waals surface area contributed by atoms with E-state index in [4.69, 9.17) is 25.8 Å². The van der Waals surface area contributed by atoms with Crippen LogP contribution in [-0.4, -0.2) is 13.7 Å². The van der Waals surface area contributed by atoms with Crippen LogP contribution in [0.1, 0.15) is 49.7 Å². The fourth-order valence-electron chi connectivity index (χ4n) is 3.34. The molecule has 0 N–H and O–H groups in total. The van der Waals surface area contributed by atoms with E-state index in [0.717, 1.165) is 36.1 Å². The number of methoxy groups -OCH3 is 1. The zero-order valence-electron chi connectivity index (χ0n) is 14.8. The van der Waals surface area contributed by atoms with Gasteiger partial charge in [0.1, 0.15) is 5.75 Å². The highest BCUT2D eigenvalue weighted by Crippen LogP contribution is 2.44. The predicted octanol–water partition coefficient (Wildman–Crippen LogP) is 5.94. The lowest BCUT2D eigenvalue weighted by atomic mass is 9.90. The summed E-state index contributed by atoms with van der Waals surface area (Å²) in [5.74, 6) is 1.16. The van der Waals surface area contributed by atoms with Gasteiger partial charge in [0.15, 0.2) is 6.29 Å². The summed E-state index contributed by atoms with van der Waals surface area (Å²) in [4.78, 5) is 0. The van der Waals surface area contributed by atoms with Crippen molar-refractivity contribution in [3.8, 4) is 5.75 Å². The molecule has 1 fully saturated rings. The van der Waals surface area contributed by atoms with E-state index in [0.29, 0.717) is 17.5 Å². The molecule has 3 atom stereocenters. The summed E-state index contributed by atoms with van der Waals surface area (Å²) in [5, 5.41) is 0.665. The molecule has 25 heavy (non-hydrogen) atoms. The molecule has 3 nitrogen and oxygen atoms in total. The van der Waals surface area contributed by atoms with Crippen molar-refractivity contribution in [3.63, 3.8) is 0 Å². The van der Waals surface area contributed by atoms with Gasteiger partial charge >= 0.3 is 0 Å². The predicted molar refractivity (Wildman–Crippen MR) is 100.0 cm³/mol. The van der Waals surface area contributed by atoms with Gasteiger partial charge in [-0.2, -0.15) is 0 Å². The third-order valence-electron chi connectivity index (χ3n) is 4.69. The normalized spacial score (nSPS) is 23.4. The van der Waals surface area contributed by atoms with Crippen molar-refractivity contribution in [3.05, 3.63) is 64.7 Å². The third kappa shape index (κ3) is 4.17. The van der Waals surface area contributed by atoms with Gasteiger partial charge < -0.3 is 14.2 Å². The summed E-state index contributed by atoms with van der Waals surface area (Å²) in [6, 6.07) is 15.8. The molecular formula is C21H25ClO3. The number of halogens is 1. The number of hydrogen-bond acceptors (Lipinski definition) is 3. The van der Waals surface area contributed by atoms with Crippen LogP contribution >= 0.6 is 11.6 Å². The minimum atomic E-state index is -0.457. The van der Waals surface area contributed by atoms with Crippen molar-refractivity contribution in [1.29, 1.82) is 0 Å². The first kappa shape index (κ1) is 18.2. The lowest BCUT2D eigenvalue weighted by molar-refractivity contribution is -0.245. The number of para-hydroxylation sites is 1. The number of unbranched alkanes of at least 4 members (excludes halogenated alkanes) is 1. The summed E-state index contributed by atoms with van der Waals surface area (Å²) >= 11 is 6.35. The summed E-state index contributed by atoms with van der Waals surface area (Å²) in [6.45, 7) is 2.85. The first-order valence-corrected chi connectivity index (χ1v) is 9.26. The van der Waals surface area contributed by atoms with Gasteiger partial charge in [0.05, 0.1) is 19.8 Å². The molecule has 0 bridgehead atoms. The first-order valence-electron chi connectivity index (χ1n) is 8.89. The Morgan fingerprint density at radius 3 is 2.52 bits per heavy atom. The Labute approximate surface area is 154 Å². The fourth-order valence-corrected chi connectivity index (χ4v) is 3.57. The van der Waals surface area contributed by atoms with Crippen molar-refractivity contribution >= 4 is 11.6 Å². The molecular weight excluding hydrogens is 336 g/mol. The molecule has 0 aliphatic carbocycles. The molecule has 1 aliphatic heterocycles. The Bertz CT molecular complexity index is 688. The van der Waals surface area contributed by atoms with Gasteiger partial charge in [0.2, 0.25) is 0 Å². The number of ether oxygens (including phenoxy) is 3. The quantitative estimate of drug-likeness (QED) is 0.637. The molecule has 1 heterocycles. The molecule has 134 valence electrons. The van der Waals surface area contributed by atoms with Crippen molar-refractivity contribution in [2.24, 2.45) is 5.92 Å². The van der Waals surface area contributed by atoms with E-state index in [1.54, 1.807) is 7.11 Å². The van der Waals surface area contributed by atoms with Crippen LogP contribution in [0.3, 0.4) is 0 Å². The summed E-state index contributed by atoms with van der Waals surface area (Å²) in [7, 11) is 1.70. The maximum atomic E-state index is 6.40. The van der Waals surface area contributed by atoms with Crippen LogP contribution in [0.15, 0.2) is 48.5 Å². The highest BCUT2D eigenvalue weighted by molar-refractivity contribution is 6.31. The molecule has 0 spiro atoms. The Hall–Kier alpha value is -1.55.